The molecule has 0 aliphatic carbocycles. The second-order valence-electron chi connectivity index (χ2n) is 4.80. The Labute approximate surface area is 148 Å². The van der Waals surface area contributed by atoms with Gasteiger partial charge in [-0.3, -0.25) is 4.68 Å². The summed E-state index contributed by atoms with van der Waals surface area (Å²) in [6, 6.07) is 1.96. The van der Waals surface area contributed by atoms with Crippen molar-refractivity contribution < 1.29 is 27.2 Å². The molecular formula is C14H9Cl2F4N3O2. The zero-order chi connectivity index (χ0) is 18.9. The number of rotatable bonds is 3. The van der Waals surface area contributed by atoms with Crippen LogP contribution in [0, 0.1) is 5.82 Å². The van der Waals surface area contributed by atoms with E-state index in [1.807, 2.05) is 0 Å². The molecule has 0 unspecified atom stereocenters. The topological polar surface area (TPSA) is 56.5 Å². The average Bonchev–Trinajstić information content (AvgIpc) is 2.75. The van der Waals surface area contributed by atoms with E-state index < -0.39 is 34.4 Å². The molecule has 2 rings (SSSR count). The van der Waals surface area contributed by atoms with E-state index in [1.54, 1.807) is 0 Å². The van der Waals surface area contributed by atoms with Crippen molar-refractivity contribution in [3.8, 4) is 11.3 Å². The normalized spacial score (nSPS) is 12.0. The fourth-order valence-electron chi connectivity index (χ4n) is 1.98. The molecule has 0 spiro atoms. The Balaban J connectivity index is 2.57. The Morgan fingerprint density at radius 2 is 2.00 bits per heavy atom. The first-order valence-electron chi connectivity index (χ1n) is 6.52. The molecule has 0 saturated heterocycles. The predicted octanol–water partition coefficient (Wildman–Crippen LogP) is 4.45. The molecule has 0 bridgehead atoms. The third-order valence-corrected chi connectivity index (χ3v) is 3.66. The van der Waals surface area contributed by atoms with E-state index in [-0.39, 0.29) is 16.1 Å². The van der Waals surface area contributed by atoms with Crippen molar-refractivity contribution in [1.29, 1.82) is 0 Å². The minimum absolute atomic E-state index is 0.0922. The van der Waals surface area contributed by atoms with Crippen LogP contribution in [0.4, 0.5) is 17.6 Å². The monoisotopic (exact) mass is 397 g/mol. The summed E-state index contributed by atoms with van der Waals surface area (Å²) in [4.78, 5) is 15.0. The van der Waals surface area contributed by atoms with Crippen LogP contribution in [0.5, 0.6) is 0 Å². The molecule has 25 heavy (non-hydrogen) atoms. The van der Waals surface area contributed by atoms with Gasteiger partial charge >= 0.3 is 12.1 Å². The highest BCUT2D eigenvalue weighted by Gasteiger charge is 2.39. The van der Waals surface area contributed by atoms with Gasteiger partial charge in [-0.1, -0.05) is 28.4 Å². The lowest BCUT2D eigenvalue weighted by Crippen LogP contribution is -2.12. The van der Waals surface area contributed by atoms with E-state index in [0.717, 1.165) is 32.3 Å². The lowest BCUT2D eigenvalue weighted by atomic mass is 10.1. The highest BCUT2D eigenvalue weighted by Crippen LogP contribution is 2.40. The molecule has 0 N–H and O–H groups in total. The quantitative estimate of drug-likeness (QED) is 0.332. The third kappa shape index (κ3) is 4.10. The van der Waals surface area contributed by atoms with E-state index in [0.29, 0.717) is 4.68 Å². The fraction of sp³-hybridized carbons (Fsp3) is 0.214. The van der Waals surface area contributed by atoms with E-state index in [2.05, 4.69) is 15.1 Å². The van der Waals surface area contributed by atoms with Gasteiger partial charge in [0.25, 0.3) is 0 Å². The summed E-state index contributed by atoms with van der Waals surface area (Å²) in [6.07, 6.45) is -3.76. The Morgan fingerprint density at radius 3 is 2.52 bits per heavy atom. The molecule has 5 nitrogen and oxygen atoms in total. The number of aromatic nitrogens is 2. The SMILES string of the molecule is CC(=O)ON=Cc1cc(-c2nn(C)c(C(F)(F)F)c2Cl)c(F)cc1Cl. The smallest absolute Gasteiger partial charge is 0.319 e. The Kier molecular flexibility index (Phi) is 5.38. The van der Waals surface area contributed by atoms with Gasteiger partial charge < -0.3 is 4.84 Å². The van der Waals surface area contributed by atoms with Crippen LogP contribution in [-0.4, -0.2) is 22.0 Å². The molecular weight excluding hydrogens is 389 g/mol. The van der Waals surface area contributed by atoms with E-state index in [9.17, 15) is 22.4 Å². The number of hydrogen-bond donors (Lipinski definition) is 0. The van der Waals surface area contributed by atoms with Crippen LogP contribution in [0.25, 0.3) is 11.3 Å². The zero-order valence-electron chi connectivity index (χ0n) is 12.7. The number of halogens is 6. The summed E-state index contributed by atoms with van der Waals surface area (Å²) in [7, 11) is 1.04. The van der Waals surface area contributed by atoms with Gasteiger partial charge in [-0.25, -0.2) is 9.18 Å². The number of carbonyl (C=O) groups excluding carboxylic acids is 1. The molecule has 0 aliphatic heterocycles. The van der Waals surface area contributed by atoms with Gasteiger partial charge in [0.2, 0.25) is 0 Å². The molecule has 1 aromatic heterocycles. The number of oxime groups is 1. The molecule has 0 amide bonds. The highest BCUT2D eigenvalue weighted by molar-refractivity contribution is 6.34. The summed E-state index contributed by atoms with van der Waals surface area (Å²) in [6.45, 7) is 1.11. The molecule has 0 aliphatic rings. The van der Waals surface area contributed by atoms with E-state index >= 15 is 0 Å². The van der Waals surface area contributed by atoms with Crippen molar-refractivity contribution >= 4 is 35.4 Å². The van der Waals surface area contributed by atoms with Crippen LogP contribution in [0.15, 0.2) is 17.3 Å². The Bertz CT molecular complexity index is 863. The summed E-state index contributed by atoms with van der Waals surface area (Å²) in [5.74, 6) is -1.62. The third-order valence-electron chi connectivity index (χ3n) is 2.97. The number of hydrogen-bond acceptors (Lipinski definition) is 4. The molecule has 0 radical (unpaired) electrons. The number of benzene rings is 1. The molecule has 11 heteroatoms. The Hall–Kier alpha value is -2.13. The van der Waals surface area contributed by atoms with Crippen molar-refractivity contribution in [2.45, 2.75) is 13.1 Å². The average molecular weight is 398 g/mol. The maximum Gasteiger partial charge on any atom is 0.434 e. The molecule has 0 atom stereocenters. The molecule has 134 valence electrons. The summed E-state index contributed by atoms with van der Waals surface area (Å²) in [5, 5.41) is 6.12. The first-order chi connectivity index (χ1) is 11.5. The summed E-state index contributed by atoms with van der Waals surface area (Å²) < 4.78 is 53.7. The van der Waals surface area contributed by atoms with Gasteiger partial charge in [-0.2, -0.15) is 18.3 Å². The first kappa shape index (κ1) is 19.2. The van der Waals surface area contributed by atoms with Crippen molar-refractivity contribution in [1.82, 2.24) is 9.78 Å². The van der Waals surface area contributed by atoms with E-state index in [1.165, 1.54) is 0 Å². The van der Waals surface area contributed by atoms with Gasteiger partial charge in [0.1, 0.15) is 11.5 Å². The van der Waals surface area contributed by atoms with Crippen molar-refractivity contribution in [2.24, 2.45) is 12.2 Å². The number of nitrogens with zero attached hydrogens (tertiary/aromatic N) is 3. The van der Waals surface area contributed by atoms with Crippen molar-refractivity contribution in [3.05, 3.63) is 39.3 Å². The van der Waals surface area contributed by atoms with Crippen LogP contribution in [-0.2, 0) is 22.9 Å². The lowest BCUT2D eigenvalue weighted by Gasteiger charge is -2.06. The van der Waals surface area contributed by atoms with Crippen molar-refractivity contribution in [3.63, 3.8) is 0 Å². The van der Waals surface area contributed by atoms with E-state index in [4.69, 9.17) is 23.2 Å². The molecule has 0 fully saturated rings. The number of alkyl halides is 3. The second-order valence-corrected chi connectivity index (χ2v) is 5.59. The molecule has 1 heterocycles. The molecule has 2 aromatic rings. The maximum atomic E-state index is 14.2. The number of aryl methyl sites for hydroxylation is 1. The maximum absolute atomic E-state index is 14.2. The Morgan fingerprint density at radius 1 is 1.36 bits per heavy atom. The van der Waals surface area contributed by atoms with Crippen LogP contribution in [0.1, 0.15) is 18.2 Å². The van der Waals surface area contributed by atoms with Gasteiger partial charge in [-0.05, 0) is 12.1 Å². The first-order valence-corrected chi connectivity index (χ1v) is 7.28. The largest absolute Gasteiger partial charge is 0.434 e. The van der Waals surface area contributed by atoms with Gasteiger partial charge in [0.05, 0.1) is 16.3 Å². The minimum atomic E-state index is -4.76. The number of carbonyl (C=O) groups is 1. The van der Waals surface area contributed by atoms with Crippen molar-refractivity contribution in [2.75, 3.05) is 0 Å². The summed E-state index contributed by atoms with van der Waals surface area (Å²) >= 11 is 11.6. The van der Waals surface area contributed by atoms with Crippen LogP contribution < -0.4 is 0 Å². The fourth-order valence-corrected chi connectivity index (χ4v) is 2.55. The molecule has 1 aromatic carbocycles. The van der Waals surface area contributed by atoms with Gasteiger partial charge in [0.15, 0.2) is 5.69 Å². The van der Waals surface area contributed by atoms with Crippen LogP contribution in [0.2, 0.25) is 10.0 Å². The van der Waals surface area contributed by atoms with Crippen LogP contribution in [0.3, 0.4) is 0 Å². The standard InChI is InChI=1S/C14H9Cl2F4N3O2/c1-6(24)25-21-5-7-3-8(10(17)4-9(7)15)12-11(16)13(14(18,19)20)23(2)22-12/h3-5H,1-2H3. The predicted molar refractivity (Wildman–Crippen MR) is 83.0 cm³/mol. The lowest BCUT2D eigenvalue weighted by molar-refractivity contribution is -0.143. The van der Waals surface area contributed by atoms with Crippen LogP contribution >= 0.6 is 23.2 Å². The summed E-state index contributed by atoms with van der Waals surface area (Å²) in [5.41, 5.74) is -1.85. The van der Waals surface area contributed by atoms with Gasteiger partial charge in [0, 0.05) is 25.1 Å². The second kappa shape index (κ2) is 7.01. The minimum Gasteiger partial charge on any atom is -0.319 e. The molecule has 0 saturated carbocycles. The highest BCUT2D eigenvalue weighted by atomic mass is 35.5. The zero-order valence-corrected chi connectivity index (χ0v) is 14.2. The van der Waals surface area contributed by atoms with Gasteiger partial charge in [-0.15, -0.1) is 0 Å².